The maximum Gasteiger partial charge on any atom is 0.244 e. The monoisotopic (exact) mass is 563 g/mol. The van der Waals surface area contributed by atoms with E-state index in [4.69, 9.17) is 0 Å². The van der Waals surface area contributed by atoms with Crippen LogP contribution in [0.25, 0.3) is 0 Å². The predicted octanol–water partition coefficient (Wildman–Crippen LogP) is 4.93. The minimum absolute atomic E-state index is 0.0791. The van der Waals surface area contributed by atoms with Crippen molar-refractivity contribution in [1.29, 1.82) is 0 Å². The fourth-order valence-corrected chi connectivity index (χ4v) is 5.37. The van der Waals surface area contributed by atoms with E-state index in [0.717, 1.165) is 44.8 Å². The average molecular weight is 564 g/mol. The molecule has 3 aromatic rings. The Balaban J connectivity index is 2.08. The summed E-state index contributed by atoms with van der Waals surface area (Å²) in [6.45, 7) is 9.34. The van der Waals surface area contributed by atoms with Gasteiger partial charge in [0.25, 0.3) is 0 Å². The molecule has 3 rings (SSSR count). The first-order valence-corrected chi connectivity index (χ1v) is 15.5. The zero-order chi connectivity index (χ0) is 29.4. The highest BCUT2D eigenvalue weighted by Crippen LogP contribution is 2.25. The Kier molecular flexibility index (Phi) is 10.5. The van der Waals surface area contributed by atoms with Gasteiger partial charge in [-0.15, -0.1) is 0 Å². The number of sulfonamides is 1. The molecule has 1 N–H and O–H groups in total. The van der Waals surface area contributed by atoms with Crippen LogP contribution >= 0.6 is 0 Å². The molecule has 0 saturated carbocycles. The van der Waals surface area contributed by atoms with Crippen LogP contribution in [0, 0.1) is 20.8 Å². The molecule has 0 radical (unpaired) electrons. The molecule has 2 amide bonds. The highest BCUT2D eigenvalue weighted by Gasteiger charge is 2.33. The fourth-order valence-electron chi connectivity index (χ4n) is 4.47. The summed E-state index contributed by atoms with van der Waals surface area (Å²) in [7, 11) is -3.81. The molecule has 0 bridgehead atoms. The van der Waals surface area contributed by atoms with E-state index in [1.165, 1.54) is 4.90 Å². The molecule has 0 aliphatic carbocycles. The highest BCUT2D eigenvalue weighted by molar-refractivity contribution is 7.92. The van der Waals surface area contributed by atoms with Crippen LogP contribution in [0.2, 0.25) is 0 Å². The molecule has 7 nitrogen and oxygen atoms in total. The van der Waals surface area contributed by atoms with Crippen LogP contribution in [0.1, 0.15) is 48.1 Å². The Bertz CT molecular complexity index is 1410. The van der Waals surface area contributed by atoms with Crippen molar-refractivity contribution in [3.8, 4) is 0 Å². The Labute approximate surface area is 239 Å². The predicted molar refractivity (Wildman–Crippen MR) is 162 cm³/mol. The number of nitrogens with one attached hydrogen (secondary N) is 1. The lowest BCUT2D eigenvalue weighted by Gasteiger charge is -2.34. The molecular weight excluding hydrogens is 522 g/mol. The summed E-state index contributed by atoms with van der Waals surface area (Å²) in [5, 5.41) is 3.05. The van der Waals surface area contributed by atoms with Crippen LogP contribution < -0.4 is 9.62 Å². The molecule has 8 heteroatoms. The Morgan fingerprint density at radius 1 is 0.875 bits per heavy atom. The normalized spacial score (nSPS) is 12.8. The van der Waals surface area contributed by atoms with Gasteiger partial charge in [0.05, 0.1) is 11.9 Å². The summed E-state index contributed by atoms with van der Waals surface area (Å²) in [5.74, 6) is -0.719. The molecule has 0 saturated heterocycles. The number of anilines is 1. The SMILES string of the molecule is CC[C@H](C)NC(=O)[C@H](Cc1ccccc1)N(Cc1ccc(C)cc1)C(=O)CN(c1cc(C)ccc1C)S(C)(=O)=O. The molecule has 0 aliphatic heterocycles. The number of amides is 2. The summed E-state index contributed by atoms with van der Waals surface area (Å²) in [6.07, 6.45) is 2.14. The standard InChI is InChI=1S/C32H41N3O4S/c1-7-26(5)33-32(37)30(20-27-11-9-8-10-12-27)34(21-28-17-14-23(2)15-18-28)31(36)22-35(40(6,38)39)29-19-24(3)13-16-25(29)4/h8-19,26,30H,7,20-22H2,1-6H3,(H,33,37)/t26-,30-/m0/s1. The van der Waals surface area contributed by atoms with Crippen LogP contribution in [-0.2, 0) is 32.6 Å². The zero-order valence-corrected chi connectivity index (χ0v) is 25.2. The third-order valence-electron chi connectivity index (χ3n) is 7.06. The minimum atomic E-state index is -3.81. The minimum Gasteiger partial charge on any atom is -0.352 e. The van der Waals surface area contributed by atoms with Crippen LogP contribution in [0.15, 0.2) is 72.8 Å². The number of rotatable bonds is 12. The van der Waals surface area contributed by atoms with E-state index in [2.05, 4.69) is 5.32 Å². The molecule has 3 aromatic carbocycles. The number of benzene rings is 3. The lowest BCUT2D eigenvalue weighted by Crippen LogP contribution is -2.54. The number of nitrogens with zero attached hydrogens (tertiary/aromatic N) is 2. The van der Waals surface area contributed by atoms with Crippen LogP contribution in [-0.4, -0.2) is 50.0 Å². The Morgan fingerprint density at radius 2 is 1.50 bits per heavy atom. The first-order chi connectivity index (χ1) is 18.9. The second-order valence-electron chi connectivity index (χ2n) is 10.6. The second kappa shape index (κ2) is 13.6. The third-order valence-corrected chi connectivity index (χ3v) is 8.18. The first kappa shape index (κ1) is 30.9. The molecule has 0 aromatic heterocycles. The van der Waals surface area contributed by atoms with Gasteiger partial charge in [0, 0.05) is 19.0 Å². The smallest absolute Gasteiger partial charge is 0.244 e. The van der Waals surface area contributed by atoms with E-state index >= 15 is 0 Å². The summed E-state index contributed by atoms with van der Waals surface area (Å²) >= 11 is 0. The van der Waals surface area contributed by atoms with Gasteiger partial charge in [0.1, 0.15) is 12.6 Å². The molecule has 0 fully saturated rings. The highest BCUT2D eigenvalue weighted by atomic mass is 32.2. The summed E-state index contributed by atoms with van der Waals surface area (Å²) in [5.41, 5.74) is 4.91. The van der Waals surface area contributed by atoms with Gasteiger partial charge in [-0.25, -0.2) is 8.42 Å². The molecule has 0 spiro atoms. The fraction of sp³-hybridized carbons (Fsp3) is 0.375. The van der Waals surface area contributed by atoms with Crippen LogP contribution in [0.4, 0.5) is 5.69 Å². The van der Waals surface area contributed by atoms with Gasteiger partial charge in [-0.05, 0) is 62.4 Å². The van der Waals surface area contributed by atoms with E-state index in [9.17, 15) is 18.0 Å². The second-order valence-corrected chi connectivity index (χ2v) is 12.5. The Morgan fingerprint density at radius 3 is 2.10 bits per heavy atom. The van der Waals surface area contributed by atoms with Crippen molar-refractivity contribution in [2.24, 2.45) is 0 Å². The van der Waals surface area contributed by atoms with Crippen molar-refractivity contribution in [3.63, 3.8) is 0 Å². The van der Waals surface area contributed by atoms with Gasteiger partial charge >= 0.3 is 0 Å². The first-order valence-electron chi connectivity index (χ1n) is 13.6. The summed E-state index contributed by atoms with van der Waals surface area (Å²) in [4.78, 5) is 29.4. The quantitative estimate of drug-likeness (QED) is 0.339. The average Bonchev–Trinajstić information content (AvgIpc) is 2.91. The molecule has 0 unspecified atom stereocenters. The van der Waals surface area contributed by atoms with E-state index in [0.29, 0.717) is 12.1 Å². The number of aryl methyl sites for hydroxylation is 3. The largest absolute Gasteiger partial charge is 0.352 e. The Hall–Kier alpha value is -3.65. The lowest BCUT2D eigenvalue weighted by atomic mass is 10.0. The van der Waals surface area contributed by atoms with Crippen LogP contribution in [0.5, 0.6) is 0 Å². The van der Waals surface area contributed by atoms with Crippen LogP contribution in [0.3, 0.4) is 0 Å². The number of hydrogen-bond acceptors (Lipinski definition) is 4. The number of hydrogen-bond donors (Lipinski definition) is 1. The van der Waals surface area contributed by atoms with Gasteiger partial charge < -0.3 is 10.2 Å². The van der Waals surface area contributed by atoms with E-state index in [-0.39, 0.29) is 18.5 Å². The van der Waals surface area contributed by atoms with Crippen molar-refractivity contribution in [2.75, 3.05) is 17.1 Å². The molecule has 214 valence electrons. The maximum atomic E-state index is 14.2. The van der Waals surface area contributed by atoms with Crippen molar-refractivity contribution in [1.82, 2.24) is 10.2 Å². The molecule has 40 heavy (non-hydrogen) atoms. The number of carbonyl (C=O) groups excluding carboxylic acids is 2. The topological polar surface area (TPSA) is 86.8 Å². The molecular formula is C32H41N3O4S. The van der Waals surface area contributed by atoms with Crippen molar-refractivity contribution in [2.45, 2.75) is 66.1 Å². The number of carbonyl (C=O) groups is 2. The molecule has 0 aliphatic rings. The maximum absolute atomic E-state index is 14.2. The molecule has 2 atom stereocenters. The third kappa shape index (κ3) is 8.42. The van der Waals surface area contributed by atoms with E-state index in [1.54, 1.807) is 6.07 Å². The summed E-state index contributed by atoms with van der Waals surface area (Å²) < 4.78 is 27.2. The van der Waals surface area contributed by atoms with E-state index < -0.39 is 28.5 Å². The van der Waals surface area contributed by atoms with Crippen molar-refractivity contribution < 1.29 is 18.0 Å². The van der Waals surface area contributed by atoms with Gasteiger partial charge in [-0.1, -0.05) is 79.2 Å². The van der Waals surface area contributed by atoms with Gasteiger partial charge in [-0.2, -0.15) is 0 Å². The van der Waals surface area contributed by atoms with E-state index in [1.807, 2.05) is 101 Å². The van der Waals surface area contributed by atoms with Gasteiger partial charge in [-0.3, -0.25) is 13.9 Å². The van der Waals surface area contributed by atoms with Crippen molar-refractivity contribution >= 4 is 27.5 Å². The van der Waals surface area contributed by atoms with Gasteiger partial charge in [0.15, 0.2) is 0 Å². The van der Waals surface area contributed by atoms with Gasteiger partial charge in [0.2, 0.25) is 21.8 Å². The summed E-state index contributed by atoms with van der Waals surface area (Å²) in [6, 6.07) is 21.9. The zero-order valence-electron chi connectivity index (χ0n) is 24.3. The lowest BCUT2D eigenvalue weighted by molar-refractivity contribution is -0.140. The molecule has 0 heterocycles. The van der Waals surface area contributed by atoms with Crippen molar-refractivity contribution in [3.05, 3.63) is 101 Å².